The first kappa shape index (κ1) is 12.8. The quantitative estimate of drug-likeness (QED) is 0.714. The van der Waals surface area contributed by atoms with Crippen LogP contribution in [0.15, 0.2) is 0 Å². The third kappa shape index (κ3) is 2.19. The predicted molar refractivity (Wildman–Crippen MR) is 63.4 cm³/mol. The highest BCUT2D eigenvalue weighted by atomic mass is 16.5. The second-order valence-corrected chi connectivity index (χ2v) is 5.34. The van der Waals surface area contributed by atoms with E-state index in [9.17, 15) is 9.90 Å². The zero-order chi connectivity index (χ0) is 12.5. The van der Waals surface area contributed by atoms with Crippen LogP contribution in [0.1, 0.15) is 26.2 Å². The first-order chi connectivity index (χ1) is 8.05. The van der Waals surface area contributed by atoms with Crippen molar-refractivity contribution >= 4 is 5.91 Å². The molecule has 0 unspecified atom stereocenters. The number of likely N-dealkylation sites (tertiary alicyclic amines) is 1. The van der Waals surface area contributed by atoms with Gasteiger partial charge in [-0.05, 0) is 19.3 Å². The standard InChI is InChI=1S/C12H22N2O3/c1-2-12(16)8-14(9-12)10(15)11(7-13)3-5-17-6-4-11/h16H,2-9,13H2,1H3. The van der Waals surface area contributed by atoms with Gasteiger partial charge in [0.25, 0.3) is 0 Å². The number of carbonyl (C=O) groups excluding carboxylic acids is 1. The van der Waals surface area contributed by atoms with Crippen LogP contribution in [0, 0.1) is 5.41 Å². The first-order valence-corrected chi connectivity index (χ1v) is 6.35. The van der Waals surface area contributed by atoms with Gasteiger partial charge in [0.2, 0.25) is 5.91 Å². The van der Waals surface area contributed by atoms with E-state index in [1.165, 1.54) is 0 Å². The Morgan fingerprint density at radius 2 is 2.00 bits per heavy atom. The molecule has 2 saturated heterocycles. The second-order valence-electron chi connectivity index (χ2n) is 5.34. The van der Waals surface area contributed by atoms with Crippen molar-refractivity contribution in [3.8, 4) is 0 Å². The van der Waals surface area contributed by atoms with Crippen molar-refractivity contribution < 1.29 is 14.6 Å². The van der Waals surface area contributed by atoms with E-state index in [1.54, 1.807) is 4.90 Å². The summed E-state index contributed by atoms with van der Waals surface area (Å²) >= 11 is 0. The normalized spacial score (nSPS) is 26.4. The molecule has 2 aliphatic heterocycles. The van der Waals surface area contributed by atoms with Crippen molar-refractivity contribution in [1.29, 1.82) is 0 Å². The lowest BCUT2D eigenvalue weighted by Gasteiger charge is -2.50. The van der Waals surface area contributed by atoms with Gasteiger partial charge in [0.15, 0.2) is 0 Å². The molecule has 2 rings (SSSR count). The van der Waals surface area contributed by atoms with E-state index < -0.39 is 11.0 Å². The van der Waals surface area contributed by atoms with Crippen molar-refractivity contribution in [2.45, 2.75) is 31.8 Å². The Balaban J connectivity index is 1.99. The molecule has 5 heteroatoms. The molecule has 0 aromatic heterocycles. The molecule has 2 fully saturated rings. The van der Waals surface area contributed by atoms with E-state index in [2.05, 4.69) is 0 Å². The minimum Gasteiger partial charge on any atom is -0.386 e. The van der Waals surface area contributed by atoms with Gasteiger partial charge in [0, 0.05) is 19.8 Å². The van der Waals surface area contributed by atoms with E-state index in [4.69, 9.17) is 10.5 Å². The molecule has 0 spiro atoms. The molecule has 0 saturated carbocycles. The molecular weight excluding hydrogens is 220 g/mol. The maximum atomic E-state index is 12.4. The van der Waals surface area contributed by atoms with Gasteiger partial charge in [-0.1, -0.05) is 6.92 Å². The lowest BCUT2D eigenvalue weighted by atomic mass is 9.77. The van der Waals surface area contributed by atoms with Crippen LogP contribution in [0.25, 0.3) is 0 Å². The van der Waals surface area contributed by atoms with Crippen LogP contribution in [-0.2, 0) is 9.53 Å². The minimum absolute atomic E-state index is 0.0985. The number of hydrogen-bond acceptors (Lipinski definition) is 4. The van der Waals surface area contributed by atoms with Gasteiger partial charge in [0.1, 0.15) is 0 Å². The van der Waals surface area contributed by atoms with E-state index >= 15 is 0 Å². The number of amides is 1. The number of rotatable bonds is 3. The van der Waals surface area contributed by atoms with Crippen molar-refractivity contribution in [2.75, 3.05) is 32.8 Å². The summed E-state index contributed by atoms with van der Waals surface area (Å²) in [5, 5.41) is 9.94. The number of aliphatic hydroxyl groups is 1. The lowest BCUT2D eigenvalue weighted by molar-refractivity contribution is -0.170. The summed E-state index contributed by atoms with van der Waals surface area (Å²) in [4.78, 5) is 14.2. The summed E-state index contributed by atoms with van der Waals surface area (Å²) in [6, 6.07) is 0. The molecule has 2 heterocycles. The van der Waals surface area contributed by atoms with E-state index in [1.807, 2.05) is 6.92 Å². The summed E-state index contributed by atoms with van der Waals surface area (Å²) in [7, 11) is 0. The fourth-order valence-electron chi connectivity index (χ4n) is 2.63. The van der Waals surface area contributed by atoms with Crippen molar-refractivity contribution in [3.63, 3.8) is 0 Å². The fourth-order valence-corrected chi connectivity index (χ4v) is 2.63. The number of hydrogen-bond donors (Lipinski definition) is 2. The minimum atomic E-state index is -0.670. The maximum absolute atomic E-state index is 12.4. The molecule has 0 aromatic rings. The first-order valence-electron chi connectivity index (χ1n) is 6.35. The molecule has 3 N–H and O–H groups in total. The molecule has 2 aliphatic rings. The Morgan fingerprint density at radius 1 is 1.41 bits per heavy atom. The summed E-state index contributed by atoms with van der Waals surface area (Å²) in [6.45, 7) is 4.42. The molecule has 0 bridgehead atoms. The van der Waals surface area contributed by atoms with Gasteiger partial charge in [-0.3, -0.25) is 4.79 Å². The lowest BCUT2D eigenvalue weighted by Crippen LogP contribution is -2.66. The smallest absolute Gasteiger partial charge is 0.230 e. The second kappa shape index (κ2) is 4.55. The Kier molecular flexibility index (Phi) is 3.43. The van der Waals surface area contributed by atoms with Crippen LogP contribution in [0.2, 0.25) is 0 Å². The zero-order valence-corrected chi connectivity index (χ0v) is 10.4. The van der Waals surface area contributed by atoms with Gasteiger partial charge < -0.3 is 20.5 Å². The van der Waals surface area contributed by atoms with Gasteiger partial charge in [0.05, 0.1) is 24.1 Å². The summed E-state index contributed by atoms with van der Waals surface area (Å²) in [6.07, 6.45) is 2.09. The predicted octanol–water partition coefficient (Wildman–Crippen LogP) is -0.275. The molecule has 98 valence electrons. The zero-order valence-electron chi connectivity index (χ0n) is 10.4. The van der Waals surface area contributed by atoms with Crippen molar-refractivity contribution in [3.05, 3.63) is 0 Å². The van der Waals surface area contributed by atoms with Crippen molar-refractivity contribution in [2.24, 2.45) is 11.1 Å². The monoisotopic (exact) mass is 242 g/mol. The third-order valence-corrected chi connectivity index (χ3v) is 4.21. The average molecular weight is 242 g/mol. The topological polar surface area (TPSA) is 75.8 Å². The highest BCUT2D eigenvalue weighted by Gasteiger charge is 2.49. The van der Waals surface area contributed by atoms with Crippen LogP contribution >= 0.6 is 0 Å². The average Bonchev–Trinajstić information content (AvgIpc) is 2.35. The molecule has 5 nitrogen and oxygen atoms in total. The Morgan fingerprint density at radius 3 is 2.47 bits per heavy atom. The Labute approximate surface area is 102 Å². The van der Waals surface area contributed by atoms with Crippen LogP contribution < -0.4 is 5.73 Å². The van der Waals surface area contributed by atoms with Crippen molar-refractivity contribution in [1.82, 2.24) is 4.90 Å². The molecule has 0 aromatic carbocycles. The van der Waals surface area contributed by atoms with Crippen LogP contribution in [0.5, 0.6) is 0 Å². The van der Waals surface area contributed by atoms with Gasteiger partial charge >= 0.3 is 0 Å². The van der Waals surface area contributed by atoms with Crippen LogP contribution in [0.4, 0.5) is 0 Å². The number of nitrogens with two attached hydrogens (primary N) is 1. The number of β-amino-alcohol motifs (C(OH)–C–C–N with tert-alkyl or cyclic N) is 1. The number of nitrogens with zero attached hydrogens (tertiary/aromatic N) is 1. The fraction of sp³-hybridized carbons (Fsp3) is 0.917. The highest BCUT2D eigenvalue weighted by molar-refractivity contribution is 5.84. The third-order valence-electron chi connectivity index (χ3n) is 4.21. The van der Waals surface area contributed by atoms with Gasteiger partial charge in [-0.25, -0.2) is 0 Å². The summed E-state index contributed by atoms with van der Waals surface area (Å²) in [5.74, 6) is 0.0985. The Hall–Kier alpha value is -0.650. The Bertz CT molecular complexity index is 294. The molecule has 0 atom stereocenters. The molecule has 0 radical (unpaired) electrons. The molecule has 1 amide bonds. The van der Waals surface area contributed by atoms with Gasteiger partial charge in [-0.15, -0.1) is 0 Å². The van der Waals surface area contributed by atoms with E-state index in [0.717, 1.165) is 0 Å². The maximum Gasteiger partial charge on any atom is 0.230 e. The summed E-state index contributed by atoms with van der Waals surface area (Å²) in [5.41, 5.74) is 4.67. The molecule has 17 heavy (non-hydrogen) atoms. The van der Waals surface area contributed by atoms with Crippen LogP contribution in [-0.4, -0.2) is 54.4 Å². The van der Waals surface area contributed by atoms with E-state index in [0.29, 0.717) is 52.1 Å². The molecule has 0 aliphatic carbocycles. The summed E-state index contributed by atoms with van der Waals surface area (Å²) < 4.78 is 5.29. The molecular formula is C12H22N2O3. The van der Waals surface area contributed by atoms with Crippen LogP contribution in [0.3, 0.4) is 0 Å². The van der Waals surface area contributed by atoms with E-state index in [-0.39, 0.29) is 5.91 Å². The largest absolute Gasteiger partial charge is 0.386 e. The number of carbonyl (C=O) groups is 1. The highest BCUT2D eigenvalue weighted by Crippen LogP contribution is 2.35. The SMILES string of the molecule is CCC1(O)CN(C(=O)C2(CN)CCOCC2)C1. The number of ether oxygens (including phenoxy) is 1. The van der Waals surface area contributed by atoms with Gasteiger partial charge in [-0.2, -0.15) is 0 Å².